The molecule has 2 N–H and O–H groups in total. The number of pyridine rings is 1. The van der Waals surface area contributed by atoms with E-state index in [4.69, 9.17) is 0 Å². The molecular weight excluding hydrogens is 274 g/mol. The van der Waals surface area contributed by atoms with Crippen LogP contribution >= 0.6 is 0 Å². The average Bonchev–Trinajstić information content (AvgIpc) is 2.56. The maximum atomic E-state index is 12.1. The number of hydrogen-bond acceptors (Lipinski definition) is 3. The maximum absolute atomic E-state index is 12.1. The van der Waals surface area contributed by atoms with Crippen molar-refractivity contribution in [3.63, 3.8) is 0 Å². The highest BCUT2D eigenvalue weighted by Gasteiger charge is 2.07. The molecular formula is C18H27N3O. The van der Waals surface area contributed by atoms with Crippen molar-refractivity contribution in [2.75, 3.05) is 18.4 Å². The molecule has 4 nitrogen and oxygen atoms in total. The molecule has 22 heavy (non-hydrogen) atoms. The number of rotatable bonds is 8. The van der Waals surface area contributed by atoms with Gasteiger partial charge in [-0.25, -0.2) is 4.98 Å². The number of hydrogen-bond donors (Lipinski definition) is 2. The number of aromatic nitrogens is 1. The van der Waals surface area contributed by atoms with Crippen molar-refractivity contribution >= 4 is 11.7 Å². The number of unbranched alkanes of at least 4 members (excludes halogenated alkanes) is 1. The van der Waals surface area contributed by atoms with Crippen molar-refractivity contribution in [1.29, 1.82) is 0 Å². The molecule has 4 heteroatoms. The van der Waals surface area contributed by atoms with Crippen LogP contribution in [0, 0.1) is 0 Å². The summed E-state index contributed by atoms with van der Waals surface area (Å²) in [5.74, 6) is 0.793. The Bertz CT molecular complexity index is 494. The van der Waals surface area contributed by atoms with E-state index in [1.807, 2.05) is 12.1 Å². The predicted molar refractivity (Wildman–Crippen MR) is 91.1 cm³/mol. The van der Waals surface area contributed by atoms with Gasteiger partial charge in [-0.05, 0) is 50.7 Å². The fraction of sp³-hybridized carbons (Fsp3) is 0.556. The summed E-state index contributed by atoms with van der Waals surface area (Å²) in [6.07, 6.45) is 12.2. The van der Waals surface area contributed by atoms with E-state index < -0.39 is 0 Å². The highest BCUT2D eigenvalue weighted by atomic mass is 16.1. The first kappa shape index (κ1) is 16.5. The van der Waals surface area contributed by atoms with Crippen molar-refractivity contribution < 1.29 is 4.79 Å². The van der Waals surface area contributed by atoms with E-state index in [1.165, 1.54) is 31.3 Å². The Hall–Kier alpha value is -1.84. The van der Waals surface area contributed by atoms with Crippen molar-refractivity contribution in [3.05, 3.63) is 35.5 Å². The summed E-state index contributed by atoms with van der Waals surface area (Å²) < 4.78 is 0. The quantitative estimate of drug-likeness (QED) is 0.565. The lowest BCUT2D eigenvalue weighted by Crippen LogP contribution is -2.25. The minimum Gasteiger partial charge on any atom is -0.370 e. The van der Waals surface area contributed by atoms with Gasteiger partial charge < -0.3 is 10.6 Å². The lowest BCUT2D eigenvalue weighted by atomic mass is 9.97. The normalized spacial score (nSPS) is 14.3. The van der Waals surface area contributed by atoms with E-state index in [2.05, 4.69) is 28.6 Å². The van der Waals surface area contributed by atoms with E-state index in [-0.39, 0.29) is 5.91 Å². The number of anilines is 1. The van der Waals surface area contributed by atoms with Crippen LogP contribution in [0.25, 0.3) is 0 Å². The molecule has 0 fully saturated rings. The van der Waals surface area contributed by atoms with Gasteiger partial charge in [0.1, 0.15) is 5.82 Å². The topological polar surface area (TPSA) is 54.0 Å². The first-order chi connectivity index (χ1) is 10.8. The van der Waals surface area contributed by atoms with Gasteiger partial charge in [-0.3, -0.25) is 4.79 Å². The Balaban J connectivity index is 1.73. The van der Waals surface area contributed by atoms with Crippen molar-refractivity contribution in [2.24, 2.45) is 0 Å². The molecule has 1 amide bonds. The lowest BCUT2D eigenvalue weighted by molar-refractivity contribution is 0.0953. The Morgan fingerprint density at radius 2 is 2.18 bits per heavy atom. The molecule has 0 aromatic carbocycles. The molecule has 1 aromatic rings. The van der Waals surface area contributed by atoms with Crippen molar-refractivity contribution in [1.82, 2.24) is 10.3 Å². The van der Waals surface area contributed by atoms with Crippen LogP contribution in [-0.4, -0.2) is 24.0 Å². The minimum absolute atomic E-state index is 0.0379. The number of carbonyl (C=O) groups excluding carboxylic acids is 1. The Morgan fingerprint density at radius 1 is 1.27 bits per heavy atom. The molecule has 0 atom stereocenters. The molecule has 120 valence electrons. The summed E-state index contributed by atoms with van der Waals surface area (Å²) in [7, 11) is 0. The average molecular weight is 301 g/mol. The number of amides is 1. The van der Waals surface area contributed by atoms with Gasteiger partial charge in [0.2, 0.25) is 0 Å². The fourth-order valence-electron chi connectivity index (χ4n) is 2.60. The predicted octanol–water partition coefficient (Wildman–Crippen LogP) is 3.91. The third-order valence-corrected chi connectivity index (χ3v) is 3.98. The lowest BCUT2D eigenvalue weighted by Gasteiger charge is -2.13. The first-order valence-electron chi connectivity index (χ1n) is 8.45. The van der Waals surface area contributed by atoms with Gasteiger partial charge in [-0.1, -0.05) is 25.0 Å². The van der Waals surface area contributed by atoms with Crippen molar-refractivity contribution in [3.8, 4) is 0 Å². The Kier molecular flexibility index (Phi) is 6.94. The smallest absolute Gasteiger partial charge is 0.252 e. The van der Waals surface area contributed by atoms with Crippen LogP contribution in [0.15, 0.2) is 30.0 Å². The monoisotopic (exact) mass is 301 g/mol. The van der Waals surface area contributed by atoms with Gasteiger partial charge in [0, 0.05) is 19.3 Å². The summed E-state index contributed by atoms with van der Waals surface area (Å²) in [4.78, 5) is 16.4. The number of nitrogens with zero attached hydrogens (tertiary/aromatic N) is 1. The second kappa shape index (κ2) is 9.23. The molecule has 1 aliphatic carbocycles. The van der Waals surface area contributed by atoms with Crippen LogP contribution in [-0.2, 0) is 0 Å². The minimum atomic E-state index is -0.0379. The third-order valence-electron chi connectivity index (χ3n) is 3.98. The van der Waals surface area contributed by atoms with Crippen LogP contribution < -0.4 is 10.6 Å². The summed E-state index contributed by atoms with van der Waals surface area (Å²) in [5.41, 5.74) is 2.11. The highest BCUT2D eigenvalue weighted by Crippen LogP contribution is 2.19. The third kappa shape index (κ3) is 5.51. The van der Waals surface area contributed by atoms with Gasteiger partial charge in [-0.15, -0.1) is 0 Å². The zero-order valence-corrected chi connectivity index (χ0v) is 13.5. The van der Waals surface area contributed by atoms with Crippen LogP contribution in [0.3, 0.4) is 0 Å². The maximum Gasteiger partial charge on any atom is 0.252 e. The molecule has 1 aromatic heterocycles. The van der Waals surface area contributed by atoms with Gasteiger partial charge >= 0.3 is 0 Å². The molecule has 0 radical (unpaired) electrons. The van der Waals surface area contributed by atoms with E-state index in [9.17, 15) is 4.79 Å². The fourth-order valence-corrected chi connectivity index (χ4v) is 2.60. The van der Waals surface area contributed by atoms with Gasteiger partial charge in [0.25, 0.3) is 5.91 Å². The highest BCUT2D eigenvalue weighted by molar-refractivity contribution is 5.94. The van der Waals surface area contributed by atoms with Crippen molar-refractivity contribution in [2.45, 2.75) is 51.9 Å². The number of nitrogens with one attached hydrogen (secondary N) is 2. The molecule has 0 spiro atoms. The SMILES string of the molecule is CCCCNc1ccc(C(=O)NCCC2=CCCCC2)cn1. The Labute approximate surface area is 133 Å². The largest absolute Gasteiger partial charge is 0.370 e. The van der Waals surface area contributed by atoms with E-state index in [0.29, 0.717) is 12.1 Å². The second-order valence-corrected chi connectivity index (χ2v) is 5.83. The van der Waals surface area contributed by atoms with Gasteiger partial charge in [-0.2, -0.15) is 0 Å². The summed E-state index contributed by atoms with van der Waals surface area (Å²) in [6.45, 7) is 3.79. The Morgan fingerprint density at radius 3 is 2.86 bits per heavy atom. The van der Waals surface area contributed by atoms with Gasteiger partial charge in [0.15, 0.2) is 0 Å². The number of allylic oxidation sites excluding steroid dienone is 1. The number of carbonyl (C=O) groups is 1. The van der Waals surface area contributed by atoms with Crippen LogP contribution in [0.5, 0.6) is 0 Å². The van der Waals surface area contributed by atoms with Gasteiger partial charge in [0.05, 0.1) is 5.56 Å². The zero-order valence-electron chi connectivity index (χ0n) is 13.5. The summed E-state index contributed by atoms with van der Waals surface area (Å²) in [5, 5.41) is 6.23. The standard InChI is InChI=1S/C18H27N3O/c1-2-3-12-19-17-10-9-16(14-21-17)18(22)20-13-11-15-7-5-4-6-8-15/h7,9-10,14H,2-6,8,11-13H2,1H3,(H,19,21)(H,20,22). The van der Waals surface area contributed by atoms with Crippen LogP contribution in [0.2, 0.25) is 0 Å². The molecule has 0 saturated carbocycles. The summed E-state index contributed by atoms with van der Waals surface area (Å²) in [6, 6.07) is 3.70. The van der Waals surface area contributed by atoms with Crippen LogP contribution in [0.4, 0.5) is 5.82 Å². The molecule has 0 saturated heterocycles. The van der Waals surface area contributed by atoms with E-state index >= 15 is 0 Å². The molecule has 0 aliphatic heterocycles. The van der Waals surface area contributed by atoms with E-state index in [1.54, 1.807) is 6.20 Å². The first-order valence-corrected chi connectivity index (χ1v) is 8.45. The molecule has 1 heterocycles. The van der Waals surface area contributed by atoms with E-state index in [0.717, 1.165) is 31.6 Å². The summed E-state index contributed by atoms with van der Waals surface area (Å²) >= 11 is 0. The second-order valence-electron chi connectivity index (χ2n) is 5.83. The molecule has 1 aliphatic rings. The van der Waals surface area contributed by atoms with Crippen LogP contribution in [0.1, 0.15) is 62.2 Å². The zero-order chi connectivity index (χ0) is 15.6. The molecule has 2 rings (SSSR count). The molecule has 0 bridgehead atoms. The molecule has 0 unspecified atom stereocenters.